The molecule has 26 heavy (non-hydrogen) atoms. The minimum absolute atomic E-state index is 0.237. The molecular weight excluding hydrogens is 328 g/mol. The van der Waals surface area contributed by atoms with Crippen LogP contribution < -0.4 is 0 Å². The van der Waals surface area contributed by atoms with Crippen LogP contribution in [0.4, 0.5) is 0 Å². The number of allylic oxidation sites excluding steroid dienone is 1. The zero-order valence-electron chi connectivity index (χ0n) is 15.1. The predicted molar refractivity (Wildman–Crippen MR) is 99.7 cm³/mol. The third kappa shape index (κ3) is 2.19. The normalized spacial score (nSPS) is 26.6. The second-order valence-electron chi connectivity index (χ2n) is 7.06. The van der Waals surface area contributed by atoms with Crippen molar-refractivity contribution >= 4 is 29.4 Å². The van der Waals surface area contributed by atoms with Gasteiger partial charge in [0.25, 0.3) is 0 Å². The number of aromatic amines is 1. The zero-order valence-corrected chi connectivity index (χ0v) is 15.1. The molecule has 1 aromatic carbocycles. The summed E-state index contributed by atoms with van der Waals surface area (Å²) < 4.78 is 7.46. The van der Waals surface area contributed by atoms with Gasteiger partial charge in [-0.25, -0.2) is 4.58 Å². The molecule has 2 bridgehead atoms. The van der Waals surface area contributed by atoms with Crippen molar-refractivity contribution in [1.29, 1.82) is 0 Å². The second-order valence-corrected chi connectivity index (χ2v) is 7.06. The lowest BCUT2D eigenvalue weighted by molar-refractivity contribution is -0.519. The lowest BCUT2D eigenvalue weighted by Crippen LogP contribution is -2.49. The highest BCUT2D eigenvalue weighted by molar-refractivity contribution is 6.03. The van der Waals surface area contributed by atoms with E-state index in [1.165, 1.54) is 7.11 Å². The van der Waals surface area contributed by atoms with Gasteiger partial charge in [-0.05, 0) is 24.1 Å². The Morgan fingerprint density at radius 1 is 1.38 bits per heavy atom. The van der Waals surface area contributed by atoms with Crippen molar-refractivity contribution in [2.24, 2.45) is 5.92 Å². The molecule has 0 unspecified atom stereocenters. The van der Waals surface area contributed by atoms with Crippen LogP contribution in [0.5, 0.6) is 0 Å². The number of hydrogen-bond acceptors (Lipinski definition) is 3. The van der Waals surface area contributed by atoms with Gasteiger partial charge in [-0.3, -0.25) is 4.79 Å². The van der Waals surface area contributed by atoms with Crippen molar-refractivity contribution in [1.82, 2.24) is 4.98 Å². The Kier molecular flexibility index (Phi) is 4.02. The van der Waals surface area contributed by atoms with Crippen LogP contribution in [0.25, 0.3) is 10.9 Å². The molecule has 4 heterocycles. The molecule has 0 saturated carbocycles. The van der Waals surface area contributed by atoms with Crippen molar-refractivity contribution in [3.8, 4) is 0 Å². The molecular formula is C21H23N2O3+. The summed E-state index contributed by atoms with van der Waals surface area (Å²) in [4.78, 5) is 29.0. The van der Waals surface area contributed by atoms with Gasteiger partial charge in [0, 0.05) is 35.4 Å². The van der Waals surface area contributed by atoms with Crippen LogP contribution >= 0.6 is 0 Å². The van der Waals surface area contributed by atoms with Gasteiger partial charge in [0.15, 0.2) is 12.0 Å². The molecule has 0 amide bonds. The number of rotatable bonds is 2. The first-order valence-corrected chi connectivity index (χ1v) is 9.03. The third-order valence-electron chi connectivity index (χ3n) is 5.94. The molecule has 1 aromatic heterocycles. The fourth-order valence-corrected chi connectivity index (χ4v) is 4.60. The van der Waals surface area contributed by atoms with E-state index in [9.17, 15) is 9.59 Å². The number of nitrogens with zero attached hydrogens (tertiary/aromatic N) is 1. The number of carbonyl (C=O) groups is 2. The highest BCUT2D eigenvalue weighted by Gasteiger charge is 2.54. The first-order chi connectivity index (χ1) is 12.7. The van der Waals surface area contributed by atoms with Crippen LogP contribution in [0.1, 0.15) is 24.6 Å². The summed E-state index contributed by atoms with van der Waals surface area (Å²) in [5, 5.41) is 1.07. The molecule has 5 nitrogen and oxygen atoms in total. The van der Waals surface area contributed by atoms with E-state index >= 15 is 0 Å². The molecule has 3 aliphatic rings. The highest BCUT2D eigenvalue weighted by atomic mass is 16.5. The van der Waals surface area contributed by atoms with E-state index in [0.29, 0.717) is 12.1 Å². The van der Waals surface area contributed by atoms with Crippen LogP contribution in [-0.2, 0) is 26.2 Å². The Hall–Kier alpha value is -2.69. The average Bonchev–Trinajstić information content (AvgIpc) is 3.09. The summed E-state index contributed by atoms with van der Waals surface area (Å²) in [6.07, 6.45) is 6.39. The zero-order chi connectivity index (χ0) is 18.3. The predicted octanol–water partition coefficient (Wildman–Crippen LogP) is 2.38. The maximum absolute atomic E-state index is 13.1. The average molecular weight is 351 g/mol. The van der Waals surface area contributed by atoms with Crippen LogP contribution in [0.3, 0.4) is 0 Å². The molecule has 3 aliphatic heterocycles. The first kappa shape index (κ1) is 16.8. The van der Waals surface area contributed by atoms with E-state index in [-0.39, 0.29) is 5.92 Å². The number of ether oxygens (including phenoxy) is 1. The van der Waals surface area contributed by atoms with Crippen LogP contribution in [0.15, 0.2) is 35.9 Å². The van der Waals surface area contributed by atoms with E-state index in [1.54, 1.807) is 0 Å². The number of aldehydes is 1. The van der Waals surface area contributed by atoms with Crippen molar-refractivity contribution in [3.63, 3.8) is 0 Å². The fraction of sp³-hybridized carbons (Fsp3) is 0.381. The standard InChI is InChI=1S/C21H23N2O3/c1-3-14-12-23-10-8-16-15-6-4-5-7-18(15)22-19(16)21(13-24,20(25)26-2)17(14)9-11-23/h3-7,11,13,17,22H,8-10,12H2,1-2H3/q+1/t17-,21-/m0/s1. The van der Waals surface area contributed by atoms with Gasteiger partial charge in [-0.15, -0.1) is 0 Å². The third-order valence-corrected chi connectivity index (χ3v) is 5.94. The Morgan fingerprint density at radius 2 is 2.19 bits per heavy atom. The number of benzene rings is 1. The molecule has 0 aliphatic carbocycles. The van der Waals surface area contributed by atoms with Crippen molar-refractivity contribution in [2.45, 2.75) is 25.2 Å². The van der Waals surface area contributed by atoms with Crippen LogP contribution in [0.2, 0.25) is 0 Å². The maximum atomic E-state index is 13.1. The number of esters is 1. The van der Waals surface area contributed by atoms with Gasteiger partial charge in [-0.2, -0.15) is 0 Å². The monoisotopic (exact) mass is 351 g/mol. The number of aromatic nitrogens is 1. The van der Waals surface area contributed by atoms with Gasteiger partial charge >= 0.3 is 5.97 Å². The van der Waals surface area contributed by atoms with Gasteiger partial charge in [0.05, 0.1) is 7.11 Å². The Labute approximate surface area is 152 Å². The lowest BCUT2D eigenvalue weighted by atomic mass is 9.67. The second kappa shape index (κ2) is 6.24. The smallest absolute Gasteiger partial charge is 0.325 e. The topological polar surface area (TPSA) is 62.2 Å². The fourth-order valence-electron chi connectivity index (χ4n) is 4.60. The molecule has 5 rings (SSSR count). The molecule has 0 saturated heterocycles. The lowest BCUT2D eigenvalue weighted by Gasteiger charge is -2.34. The van der Waals surface area contributed by atoms with E-state index in [0.717, 1.165) is 47.8 Å². The Morgan fingerprint density at radius 3 is 2.92 bits per heavy atom. The Bertz CT molecular complexity index is 953. The van der Waals surface area contributed by atoms with E-state index in [1.807, 2.05) is 37.3 Å². The minimum atomic E-state index is -1.35. The molecule has 5 heteroatoms. The molecule has 2 atom stereocenters. The van der Waals surface area contributed by atoms with E-state index in [2.05, 4.69) is 15.8 Å². The van der Waals surface area contributed by atoms with Crippen molar-refractivity contribution in [2.75, 3.05) is 20.2 Å². The minimum Gasteiger partial charge on any atom is -0.468 e. The summed E-state index contributed by atoms with van der Waals surface area (Å²) in [5.74, 6) is -0.730. The number of methoxy groups -OCH3 is 1. The van der Waals surface area contributed by atoms with Crippen molar-refractivity contribution < 1.29 is 18.9 Å². The summed E-state index contributed by atoms with van der Waals surface area (Å²) in [6, 6.07) is 7.98. The Balaban J connectivity index is 2.09. The summed E-state index contributed by atoms with van der Waals surface area (Å²) in [5.41, 5.74) is 2.45. The molecule has 0 spiro atoms. The summed E-state index contributed by atoms with van der Waals surface area (Å²) in [7, 11) is 1.36. The quantitative estimate of drug-likeness (QED) is 0.297. The van der Waals surface area contributed by atoms with Gasteiger partial charge in [0.1, 0.15) is 19.0 Å². The van der Waals surface area contributed by atoms with E-state index < -0.39 is 11.4 Å². The SMILES string of the molecule is CC=C1C[N+]2=CC[C@@H]1[C@](C=O)(C(=O)OC)c1[nH]c3ccccc3c1CC2. The molecule has 134 valence electrons. The maximum Gasteiger partial charge on any atom is 0.325 e. The molecule has 0 fully saturated rings. The molecule has 0 radical (unpaired) electrons. The number of fused-ring (bicyclic) bond motifs is 4. The van der Waals surface area contributed by atoms with Crippen LogP contribution in [-0.4, -0.2) is 48.2 Å². The van der Waals surface area contributed by atoms with Gasteiger partial charge in [-0.1, -0.05) is 24.3 Å². The largest absolute Gasteiger partial charge is 0.468 e. The van der Waals surface area contributed by atoms with Crippen LogP contribution in [0, 0.1) is 5.92 Å². The van der Waals surface area contributed by atoms with Crippen molar-refractivity contribution in [3.05, 3.63) is 47.2 Å². The number of hydrogen-bond donors (Lipinski definition) is 1. The molecule has 2 aromatic rings. The highest BCUT2D eigenvalue weighted by Crippen LogP contribution is 2.43. The molecule has 1 N–H and O–H groups in total. The van der Waals surface area contributed by atoms with Gasteiger partial charge < -0.3 is 14.5 Å². The summed E-state index contributed by atoms with van der Waals surface area (Å²) >= 11 is 0. The number of H-pyrrole nitrogens is 1. The number of para-hydroxylation sites is 1. The number of carbonyl (C=O) groups excluding carboxylic acids is 2. The summed E-state index contributed by atoms with van der Waals surface area (Å²) in [6.45, 7) is 3.58. The van der Waals surface area contributed by atoms with E-state index in [4.69, 9.17) is 4.74 Å². The first-order valence-electron chi connectivity index (χ1n) is 9.03. The number of nitrogens with one attached hydrogen (secondary N) is 1. The van der Waals surface area contributed by atoms with Gasteiger partial charge in [0.2, 0.25) is 0 Å².